The number of nitrogens with zero attached hydrogens (tertiary/aromatic N) is 2. The number of alkyl halides is 6. The monoisotopic (exact) mass is 677 g/mol. The summed E-state index contributed by atoms with van der Waals surface area (Å²) < 4.78 is 106. The number of allylic oxidation sites excluding steroid dienone is 1. The molecule has 1 fully saturated rings. The van der Waals surface area contributed by atoms with Crippen molar-refractivity contribution in [3.8, 4) is 12.8 Å². The fourth-order valence-corrected chi connectivity index (χ4v) is 6.34. The van der Waals surface area contributed by atoms with Crippen LogP contribution in [0.2, 0.25) is 0 Å². The number of nitrogens with one attached hydrogen (secondary N) is 1. The molecule has 2 aliphatic heterocycles. The number of aliphatic hydroxyl groups is 1. The summed E-state index contributed by atoms with van der Waals surface area (Å²) in [5.74, 6) is 0.411. The van der Waals surface area contributed by atoms with E-state index in [1.165, 1.54) is 16.4 Å². The zero-order chi connectivity index (χ0) is 34.7. The van der Waals surface area contributed by atoms with Gasteiger partial charge in [0, 0.05) is 38.7 Å². The van der Waals surface area contributed by atoms with Crippen molar-refractivity contribution in [3.05, 3.63) is 71.6 Å². The van der Waals surface area contributed by atoms with E-state index in [2.05, 4.69) is 30.3 Å². The van der Waals surface area contributed by atoms with Crippen LogP contribution in [0.3, 0.4) is 0 Å². The average Bonchev–Trinajstić information content (AvgIpc) is 3.02. The molecule has 254 valence electrons. The summed E-state index contributed by atoms with van der Waals surface area (Å²) in [7, 11) is -1.84. The highest BCUT2D eigenvalue weighted by atomic mass is 32.2. The van der Waals surface area contributed by atoms with E-state index < -0.39 is 40.3 Å². The molecule has 2 N–H and O–H groups in total. The molecule has 6 nitrogen and oxygen atoms in total. The number of piperidine rings is 1. The summed E-state index contributed by atoms with van der Waals surface area (Å²) in [6.07, 6.45) is 2.97. The predicted molar refractivity (Wildman–Crippen MR) is 163 cm³/mol. The number of fused-ring (bicyclic) bond motifs is 1. The smallest absolute Gasteiger partial charge is 0.369 e. The van der Waals surface area contributed by atoms with Crippen LogP contribution in [0.4, 0.5) is 36.4 Å². The zero-order valence-corrected chi connectivity index (χ0v) is 26.3. The molecule has 4 rings (SSSR count). The van der Waals surface area contributed by atoms with Crippen molar-refractivity contribution in [3.63, 3.8) is 0 Å². The first-order valence-corrected chi connectivity index (χ1v) is 15.6. The third kappa shape index (κ3) is 9.56. The molecular formula is C32H38F7N3O3S. The third-order valence-corrected chi connectivity index (χ3v) is 9.06. The van der Waals surface area contributed by atoms with Crippen LogP contribution >= 0.6 is 0 Å². The molecule has 2 aromatic rings. The Kier molecular flexibility index (Phi) is 14.3. The predicted octanol–water partition coefficient (Wildman–Crippen LogP) is 6.27. The molecule has 0 aliphatic carbocycles. The zero-order valence-electron chi connectivity index (χ0n) is 25.5. The Morgan fingerprint density at radius 1 is 1.02 bits per heavy atom. The van der Waals surface area contributed by atoms with Gasteiger partial charge in [0.1, 0.15) is 5.82 Å². The normalized spacial score (nSPS) is 16.5. The molecule has 0 radical (unpaired) electrons. The highest BCUT2D eigenvalue weighted by molar-refractivity contribution is 7.86. The second-order valence-electron chi connectivity index (χ2n) is 10.6. The van der Waals surface area contributed by atoms with Gasteiger partial charge in [-0.15, -0.1) is 12.8 Å². The summed E-state index contributed by atoms with van der Waals surface area (Å²) in [5.41, 5.74) is -6.09. The lowest BCUT2D eigenvalue weighted by Crippen LogP contribution is -2.54. The molecule has 2 heterocycles. The molecule has 14 heteroatoms. The topological polar surface area (TPSA) is 72.9 Å². The molecule has 0 saturated carbocycles. The van der Waals surface area contributed by atoms with Gasteiger partial charge in [-0.1, -0.05) is 24.3 Å². The number of carbonyl (C=O) groups is 1. The van der Waals surface area contributed by atoms with Crippen molar-refractivity contribution in [1.82, 2.24) is 10.2 Å². The first-order valence-electron chi connectivity index (χ1n) is 14.4. The number of anilines is 1. The quantitative estimate of drug-likeness (QED) is 0.157. The maximum absolute atomic E-state index is 13.1. The minimum atomic E-state index is -5.98. The highest BCUT2D eigenvalue weighted by Crippen LogP contribution is 2.51. The van der Waals surface area contributed by atoms with E-state index in [9.17, 15) is 44.8 Å². The Labute approximate surface area is 267 Å². The van der Waals surface area contributed by atoms with Crippen LogP contribution in [0.25, 0.3) is 0 Å². The van der Waals surface area contributed by atoms with Crippen molar-refractivity contribution in [2.45, 2.75) is 62.4 Å². The van der Waals surface area contributed by atoms with Crippen LogP contribution in [0.15, 0.2) is 59.5 Å². The van der Waals surface area contributed by atoms with Gasteiger partial charge < -0.3 is 15.3 Å². The summed E-state index contributed by atoms with van der Waals surface area (Å²) in [6.45, 7) is 7.84. The van der Waals surface area contributed by atoms with Gasteiger partial charge in [-0.05, 0) is 81.0 Å². The van der Waals surface area contributed by atoms with Crippen molar-refractivity contribution in [1.29, 1.82) is 0 Å². The largest absolute Gasteiger partial charge is 0.430 e. The van der Waals surface area contributed by atoms with Crippen molar-refractivity contribution in [2.24, 2.45) is 5.92 Å². The Morgan fingerprint density at radius 3 is 2.13 bits per heavy atom. The molecule has 1 saturated heterocycles. The highest BCUT2D eigenvalue weighted by Gasteiger charge is 2.71. The molecule has 0 aromatic heterocycles. The molecular weight excluding hydrogens is 639 g/mol. The van der Waals surface area contributed by atoms with Crippen molar-refractivity contribution < 1.29 is 44.8 Å². The summed E-state index contributed by atoms with van der Waals surface area (Å²) in [6, 6.07) is 6.89. The number of hydrogen-bond donors (Lipinski definition) is 2. The first-order chi connectivity index (χ1) is 21.6. The van der Waals surface area contributed by atoms with Crippen LogP contribution in [0, 0.1) is 24.6 Å². The van der Waals surface area contributed by atoms with Crippen LogP contribution < -0.4 is 9.62 Å². The lowest BCUT2D eigenvalue weighted by atomic mass is 9.89. The van der Waals surface area contributed by atoms with E-state index in [4.69, 9.17) is 0 Å². The average molecular weight is 678 g/mol. The van der Waals surface area contributed by atoms with Gasteiger partial charge in [0.15, 0.2) is 11.0 Å². The number of terminal acetylenes is 1. The number of rotatable bonds is 7. The number of hydrogen-bond acceptors (Lipinski definition) is 4. The number of aryl methyl sites for hydroxylation is 1. The summed E-state index contributed by atoms with van der Waals surface area (Å²) >= 11 is 0. The lowest BCUT2D eigenvalue weighted by Gasteiger charge is -2.35. The molecule has 2 aliphatic rings. The number of halogens is 7. The van der Waals surface area contributed by atoms with Crippen LogP contribution in [-0.4, -0.2) is 65.2 Å². The minimum Gasteiger partial charge on any atom is -0.369 e. The van der Waals surface area contributed by atoms with Gasteiger partial charge in [0.25, 0.3) is 5.60 Å². The van der Waals surface area contributed by atoms with Crippen LogP contribution in [0.1, 0.15) is 44.2 Å². The van der Waals surface area contributed by atoms with Gasteiger partial charge in [-0.25, -0.2) is 8.60 Å². The van der Waals surface area contributed by atoms with Gasteiger partial charge in [-0.2, -0.15) is 26.3 Å². The van der Waals surface area contributed by atoms with Crippen molar-refractivity contribution >= 4 is 22.6 Å². The van der Waals surface area contributed by atoms with Gasteiger partial charge in [0.2, 0.25) is 5.91 Å². The first kappa shape index (κ1) is 38.8. The van der Waals surface area contributed by atoms with E-state index in [1.54, 1.807) is 6.92 Å². The SMILES string of the molecule is C#C.C/C=C\CNCC1CCN(C(C)=O)CC1.O=S(c1ccc(F)cc1)N1CCCc2cc(C(O)(C(F)(F)F)C(F)(F)F)ccc21. The summed E-state index contributed by atoms with van der Waals surface area (Å²) in [4.78, 5) is 13.3. The number of amides is 1. The van der Waals surface area contributed by atoms with Crippen LogP contribution in [-0.2, 0) is 27.8 Å². The van der Waals surface area contributed by atoms with Gasteiger partial charge in [0.05, 0.1) is 10.6 Å². The second kappa shape index (κ2) is 16.9. The molecule has 46 heavy (non-hydrogen) atoms. The Morgan fingerprint density at radius 2 is 1.61 bits per heavy atom. The second-order valence-corrected chi connectivity index (χ2v) is 12.0. The lowest BCUT2D eigenvalue weighted by molar-refractivity contribution is -0.376. The van der Waals surface area contributed by atoms with E-state index in [1.807, 2.05) is 11.8 Å². The molecule has 0 spiro atoms. The van der Waals surface area contributed by atoms with E-state index in [-0.39, 0.29) is 35.0 Å². The maximum atomic E-state index is 13.1. The Bertz CT molecular complexity index is 1340. The van der Waals surface area contributed by atoms with Crippen molar-refractivity contribution in [2.75, 3.05) is 37.0 Å². The van der Waals surface area contributed by atoms with E-state index in [0.29, 0.717) is 18.6 Å². The van der Waals surface area contributed by atoms with E-state index >= 15 is 0 Å². The minimum absolute atomic E-state index is 0.0936. The maximum Gasteiger partial charge on any atom is 0.430 e. The van der Waals surface area contributed by atoms with E-state index in [0.717, 1.165) is 63.1 Å². The molecule has 1 atom stereocenters. The fraction of sp³-hybridized carbons (Fsp3) is 0.469. The number of carbonyl (C=O) groups excluding carboxylic acids is 1. The van der Waals surface area contributed by atoms with Crippen LogP contribution in [0.5, 0.6) is 0 Å². The molecule has 1 unspecified atom stereocenters. The van der Waals surface area contributed by atoms with Gasteiger partial charge in [-0.3, -0.25) is 9.10 Å². The standard InChI is InChI=1S/C18H14F7NO2S.C12H22N2O.C2H2/c19-13-4-6-14(7-5-13)29(28)26-9-1-2-11-10-12(3-8-15(11)26)16(27,17(20,21)22)18(23,24)25;1-3-4-7-13-10-12-5-8-14(9-6-12)11(2)15;1-2/h3-8,10,27H,1-2,9H2;3-4,12-13H,5-10H2,1-2H3;1-2H/b;4-3-;. The fourth-order valence-electron chi connectivity index (χ4n) is 5.07. The van der Waals surface area contributed by atoms with Gasteiger partial charge >= 0.3 is 12.4 Å². The number of benzene rings is 2. The molecule has 0 bridgehead atoms. The Hall–Kier alpha value is -3.41. The Balaban J connectivity index is 0.000000365. The number of likely N-dealkylation sites (tertiary alicyclic amines) is 1. The summed E-state index contributed by atoms with van der Waals surface area (Å²) in [5, 5.41) is 13.0. The molecule has 1 amide bonds. The third-order valence-electron chi connectivity index (χ3n) is 7.60. The molecule has 2 aromatic carbocycles.